The van der Waals surface area contributed by atoms with Crippen molar-refractivity contribution >= 4 is 28.9 Å². The van der Waals surface area contributed by atoms with Crippen molar-refractivity contribution in [2.75, 3.05) is 42.5 Å². The maximum atomic E-state index is 12.9. The van der Waals surface area contributed by atoms with E-state index >= 15 is 0 Å². The second-order valence-corrected chi connectivity index (χ2v) is 7.63. The van der Waals surface area contributed by atoms with Crippen LogP contribution < -0.4 is 9.80 Å². The first-order valence-electron chi connectivity index (χ1n) is 9.24. The van der Waals surface area contributed by atoms with Crippen LogP contribution in [-0.2, 0) is 11.2 Å². The Morgan fingerprint density at radius 3 is 2.62 bits per heavy atom. The number of anilines is 2. The lowest BCUT2D eigenvalue weighted by Gasteiger charge is -2.36. The molecule has 5 heteroatoms. The molecule has 1 atom stereocenters. The van der Waals surface area contributed by atoms with Crippen LogP contribution in [0.15, 0.2) is 48.5 Å². The average molecular weight is 370 g/mol. The second kappa shape index (κ2) is 7.29. The molecule has 26 heavy (non-hydrogen) atoms. The van der Waals surface area contributed by atoms with E-state index in [0.29, 0.717) is 6.54 Å². The first-order valence-corrected chi connectivity index (χ1v) is 9.62. The number of fused-ring (bicyclic) bond motifs is 1. The lowest BCUT2D eigenvalue weighted by molar-refractivity contribution is -0.120. The molecular weight excluding hydrogens is 346 g/mol. The van der Waals surface area contributed by atoms with Crippen molar-refractivity contribution in [1.82, 2.24) is 4.90 Å². The molecule has 4 nitrogen and oxygen atoms in total. The van der Waals surface area contributed by atoms with E-state index in [9.17, 15) is 4.79 Å². The number of benzene rings is 2. The third-order valence-electron chi connectivity index (χ3n) is 5.38. The maximum absolute atomic E-state index is 12.9. The van der Waals surface area contributed by atoms with E-state index < -0.39 is 0 Å². The average Bonchev–Trinajstić information content (AvgIpc) is 2.98. The second-order valence-electron chi connectivity index (χ2n) is 7.19. The summed E-state index contributed by atoms with van der Waals surface area (Å²) in [4.78, 5) is 19.5. The highest BCUT2D eigenvalue weighted by Crippen LogP contribution is 2.32. The Morgan fingerprint density at radius 1 is 1.08 bits per heavy atom. The van der Waals surface area contributed by atoms with Crippen LogP contribution >= 0.6 is 11.6 Å². The summed E-state index contributed by atoms with van der Waals surface area (Å²) in [5.74, 6) is 0.207. The van der Waals surface area contributed by atoms with Gasteiger partial charge < -0.3 is 9.80 Å². The smallest absolute Gasteiger partial charge is 0.241 e. The molecule has 0 aromatic heterocycles. The molecule has 0 bridgehead atoms. The van der Waals surface area contributed by atoms with Gasteiger partial charge in [0.1, 0.15) is 0 Å². The zero-order chi connectivity index (χ0) is 18.1. The van der Waals surface area contributed by atoms with Gasteiger partial charge in [-0.05, 0) is 43.2 Å². The van der Waals surface area contributed by atoms with Gasteiger partial charge in [0.25, 0.3) is 0 Å². The van der Waals surface area contributed by atoms with Crippen LogP contribution in [0.5, 0.6) is 0 Å². The van der Waals surface area contributed by atoms with Crippen molar-refractivity contribution in [3.63, 3.8) is 0 Å². The minimum absolute atomic E-state index is 0.207. The molecule has 1 amide bonds. The van der Waals surface area contributed by atoms with Crippen LogP contribution in [0.1, 0.15) is 12.5 Å². The summed E-state index contributed by atoms with van der Waals surface area (Å²) in [7, 11) is 0. The predicted octanol–water partition coefficient (Wildman–Crippen LogP) is 3.44. The molecule has 1 fully saturated rings. The molecule has 2 aliphatic heterocycles. The number of halogens is 1. The highest BCUT2D eigenvalue weighted by molar-refractivity contribution is 6.30. The highest BCUT2D eigenvalue weighted by atomic mass is 35.5. The Morgan fingerprint density at radius 2 is 1.85 bits per heavy atom. The minimum atomic E-state index is 0.207. The van der Waals surface area contributed by atoms with Crippen molar-refractivity contribution in [3.05, 3.63) is 59.1 Å². The van der Waals surface area contributed by atoms with Gasteiger partial charge >= 0.3 is 0 Å². The monoisotopic (exact) mass is 369 g/mol. The molecule has 2 heterocycles. The van der Waals surface area contributed by atoms with Gasteiger partial charge in [-0.25, -0.2) is 0 Å². The molecule has 0 aliphatic carbocycles. The van der Waals surface area contributed by atoms with Crippen LogP contribution in [0.2, 0.25) is 5.02 Å². The van der Waals surface area contributed by atoms with Crippen LogP contribution in [0.25, 0.3) is 0 Å². The van der Waals surface area contributed by atoms with E-state index in [0.717, 1.165) is 49.0 Å². The van der Waals surface area contributed by atoms with Gasteiger partial charge in [-0.3, -0.25) is 9.69 Å². The van der Waals surface area contributed by atoms with Gasteiger partial charge in [-0.2, -0.15) is 0 Å². The Hall–Kier alpha value is -2.04. The van der Waals surface area contributed by atoms with Crippen molar-refractivity contribution in [2.24, 2.45) is 0 Å². The van der Waals surface area contributed by atoms with Gasteiger partial charge in [-0.15, -0.1) is 0 Å². The van der Waals surface area contributed by atoms with Gasteiger partial charge in [0, 0.05) is 48.6 Å². The predicted molar refractivity (Wildman–Crippen MR) is 107 cm³/mol. The molecule has 0 unspecified atom stereocenters. The van der Waals surface area contributed by atoms with E-state index in [4.69, 9.17) is 11.6 Å². The number of carbonyl (C=O) groups is 1. The molecular formula is C21H24ClN3O. The normalized spacial score (nSPS) is 20.3. The summed E-state index contributed by atoms with van der Waals surface area (Å²) in [6, 6.07) is 16.5. The molecule has 2 aliphatic rings. The summed E-state index contributed by atoms with van der Waals surface area (Å²) in [5.41, 5.74) is 3.52. The fraction of sp³-hybridized carbons (Fsp3) is 0.381. The number of piperazine rings is 1. The Kier molecular flexibility index (Phi) is 4.88. The third-order valence-corrected chi connectivity index (χ3v) is 5.62. The number of amides is 1. The van der Waals surface area contributed by atoms with Crippen molar-refractivity contribution < 1.29 is 4.79 Å². The molecule has 4 rings (SSSR count). The fourth-order valence-electron chi connectivity index (χ4n) is 4.05. The Bertz CT molecular complexity index is 801. The zero-order valence-corrected chi connectivity index (χ0v) is 15.8. The summed E-state index contributed by atoms with van der Waals surface area (Å²) < 4.78 is 0. The lowest BCUT2D eigenvalue weighted by atomic mass is 10.1. The number of para-hydroxylation sites is 1. The van der Waals surface area contributed by atoms with E-state index in [1.165, 1.54) is 5.56 Å². The first-order chi connectivity index (χ1) is 12.6. The molecule has 136 valence electrons. The van der Waals surface area contributed by atoms with Crippen molar-refractivity contribution in [2.45, 2.75) is 19.4 Å². The van der Waals surface area contributed by atoms with E-state index in [2.05, 4.69) is 41.0 Å². The van der Waals surface area contributed by atoms with Gasteiger partial charge in [0.2, 0.25) is 5.91 Å². The van der Waals surface area contributed by atoms with Crippen LogP contribution in [0, 0.1) is 0 Å². The molecule has 1 saturated heterocycles. The summed E-state index contributed by atoms with van der Waals surface area (Å²) in [6.45, 7) is 6.24. The van der Waals surface area contributed by atoms with Crippen molar-refractivity contribution in [1.29, 1.82) is 0 Å². The lowest BCUT2D eigenvalue weighted by Crippen LogP contribution is -2.51. The SMILES string of the molecule is C[C@H]1Cc2ccccc2N1C(=O)CN1CCN(c2cccc(Cl)c2)CC1. The third kappa shape index (κ3) is 3.44. The van der Waals surface area contributed by atoms with Gasteiger partial charge in [0.05, 0.1) is 6.54 Å². The summed E-state index contributed by atoms with van der Waals surface area (Å²) >= 11 is 6.10. The minimum Gasteiger partial charge on any atom is -0.369 e. The zero-order valence-electron chi connectivity index (χ0n) is 15.1. The van der Waals surface area contributed by atoms with E-state index in [-0.39, 0.29) is 11.9 Å². The topological polar surface area (TPSA) is 26.8 Å². The molecule has 0 spiro atoms. The van der Waals surface area contributed by atoms with Gasteiger partial charge in [-0.1, -0.05) is 35.9 Å². The Labute approximate surface area is 160 Å². The van der Waals surface area contributed by atoms with E-state index in [1.54, 1.807) is 0 Å². The van der Waals surface area contributed by atoms with Crippen LogP contribution in [0.4, 0.5) is 11.4 Å². The molecule has 2 aromatic carbocycles. The molecule has 0 N–H and O–H groups in total. The van der Waals surface area contributed by atoms with E-state index in [1.807, 2.05) is 29.2 Å². The first kappa shape index (κ1) is 17.4. The fourth-order valence-corrected chi connectivity index (χ4v) is 4.23. The van der Waals surface area contributed by atoms with Crippen LogP contribution in [0.3, 0.4) is 0 Å². The maximum Gasteiger partial charge on any atom is 0.241 e. The highest BCUT2D eigenvalue weighted by Gasteiger charge is 2.31. The largest absolute Gasteiger partial charge is 0.369 e. The Balaban J connectivity index is 1.37. The number of rotatable bonds is 3. The number of hydrogen-bond donors (Lipinski definition) is 0. The molecule has 0 radical (unpaired) electrons. The van der Waals surface area contributed by atoms with Gasteiger partial charge in [0.15, 0.2) is 0 Å². The van der Waals surface area contributed by atoms with Crippen molar-refractivity contribution in [3.8, 4) is 0 Å². The standard InChI is InChI=1S/C21H24ClN3O/c1-16-13-17-5-2-3-8-20(17)25(16)21(26)15-23-9-11-24(12-10-23)19-7-4-6-18(22)14-19/h2-8,14,16H,9-13,15H2,1H3/t16-/m0/s1. The molecule has 2 aromatic rings. The summed E-state index contributed by atoms with van der Waals surface area (Å²) in [5, 5.41) is 0.766. The number of hydrogen-bond acceptors (Lipinski definition) is 3. The quantitative estimate of drug-likeness (QED) is 0.829. The van der Waals surface area contributed by atoms with Crippen LogP contribution in [-0.4, -0.2) is 49.6 Å². The number of carbonyl (C=O) groups excluding carboxylic acids is 1. The molecule has 0 saturated carbocycles. The number of nitrogens with zero attached hydrogens (tertiary/aromatic N) is 3. The summed E-state index contributed by atoms with van der Waals surface area (Å²) in [6.07, 6.45) is 0.949.